The first-order chi connectivity index (χ1) is 5.16. The molecule has 3 amide bonds. The van der Waals surface area contributed by atoms with Gasteiger partial charge < -0.3 is 10.1 Å². The van der Waals surface area contributed by atoms with Crippen molar-refractivity contribution in [2.75, 3.05) is 13.7 Å². The largest absolute Gasteiger partial charge is 0.350 e. The Morgan fingerprint density at radius 1 is 1.64 bits per heavy atom. The minimum absolute atomic E-state index is 0.336. The Hall–Kier alpha value is -1.10. The molecule has 0 radical (unpaired) electrons. The summed E-state index contributed by atoms with van der Waals surface area (Å²) in [7, 11) is 1.41. The van der Waals surface area contributed by atoms with Crippen molar-refractivity contribution in [1.82, 2.24) is 10.2 Å². The molecule has 0 bridgehead atoms. The molecule has 0 saturated carbocycles. The van der Waals surface area contributed by atoms with Crippen molar-refractivity contribution >= 4 is 11.9 Å². The lowest BCUT2D eigenvalue weighted by Crippen LogP contribution is -2.31. The van der Waals surface area contributed by atoms with Crippen molar-refractivity contribution in [1.29, 1.82) is 0 Å². The SMILES string of the molecule is CCOC1NC(=O)N(C)C1=O. The van der Waals surface area contributed by atoms with Gasteiger partial charge in [0, 0.05) is 13.7 Å². The lowest BCUT2D eigenvalue weighted by molar-refractivity contribution is -0.136. The molecule has 1 unspecified atom stereocenters. The summed E-state index contributed by atoms with van der Waals surface area (Å²) < 4.78 is 4.93. The Morgan fingerprint density at radius 3 is 2.64 bits per heavy atom. The smallest absolute Gasteiger partial charge is 0.326 e. The number of carbonyl (C=O) groups is 2. The van der Waals surface area contributed by atoms with E-state index in [1.54, 1.807) is 6.92 Å². The second-order valence-electron chi connectivity index (χ2n) is 2.18. The first kappa shape index (κ1) is 8.00. The number of nitrogens with one attached hydrogen (secondary N) is 1. The van der Waals surface area contributed by atoms with Gasteiger partial charge in [0.1, 0.15) is 0 Å². The number of imide groups is 1. The lowest BCUT2D eigenvalue weighted by atomic mass is 10.5. The predicted molar refractivity (Wildman–Crippen MR) is 36.7 cm³/mol. The van der Waals surface area contributed by atoms with Gasteiger partial charge in [-0.25, -0.2) is 4.79 Å². The molecule has 11 heavy (non-hydrogen) atoms. The molecular formula is C6H10N2O3. The van der Waals surface area contributed by atoms with E-state index in [1.165, 1.54) is 7.05 Å². The van der Waals surface area contributed by atoms with E-state index in [2.05, 4.69) is 5.32 Å². The van der Waals surface area contributed by atoms with Crippen LogP contribution in [0.2, 0.25) is 0 Å². The third-order valence-corrected chi connectivity index (χ3v) is 1.45. The Balaban J connectivity index is 2.60. The van der Waals surface area contributed by atoms with Crippen LogP contribution in [-0.4, -0.2) is 36.7 Å². The maximum absolute atomic E-state index is 11.0. The van der Waals surface area contributed by atoms with Crippen molar-refractivity contribution < 1.29 is 14.3 Å². The van der Waals surface area contributed by atoms with Gasteiger partial charge in [-0.2, -0.15) is 0 Å². The molecule has 5 heteroatoms. The second-order valence-corrected chi connectivity index (χ2v) is 2.18. The van der Waals surface area contributed by atoms with Crippen molar-refractivity contribution in [2.45, 2.75) is 13.2 Å². The molecule has 0 spiro atoms. The minimum atomic E-state index is -0.780. The predicted octanol–water partition coefficient (Wildman–Crippen LogP) is -0.469. The van der Waals surface area contributed by atoms with Crippen molar-refractivity contribution in [3.8, 4) is 0 Å². The Labute approximate surface area is 64.3 Å². The number of urea groups is 1. The van der Waals surface area contributed by atoms with Crippen LogP contribution in [0.5, 0.6) is 0 Å². The summed E-state index contributed by atoms with van der Waals surface area (Å²) in [6.45, 7) is 2.17. The van der Waals surface area contributed by atoms with Crippen molar-refractivity contribution in [3.63, 3.8) is 0 Å². The van der Waals surface area contributed by atoms with Crippen LogP contribution < -0.4 is 5.32 Å². The Kier molecular flexibility index (Phi) is 2.09. The molecule has 1 rings (SSSR count). The van der Waals surface area contributed by atoms with Crippen LogP contribution in [0.4, 0.5) is 4.79 Å². The number of ether oxygens (including phenoxy) is 1. The fourth-order valence-corrected chi connectivity index (χ4v) is 0.826. The zero-order valence-corrected chi connectivity index (χ0v) is 6.46. The molecule has 1 heterocycles. The highest BCUT2D eigenvalue weighted by Gasteiger charge is 2.35. The molecule has 0 aromatic carbocycles. The molecule has 1 N–H and O–H groups in total. The van der Waals surface area contributed by atoms with Crippen molar-refractivity contribution in [3.05, 3.63) is 0 Å². The summed E-state index contributed by atoms with van der Waals surface area (Å²) >= 11 is 0. The third kappa shape index (κ3) is 1.32. The van der Waals surface area contributed by atoms with E-state index in [0.29, 0.717) is 6.61 Å². The fraction of sp³-hybridized carbons (Fsp3) is 0.667. The van der Waals surface area contributed by atoms with Crippen LogP contribution in [0.15, 0.2) is 0 Å². The van der Waals surface area contributed by atoms with E-state index in [-0.39, 0.29) is 5.91 Å². The maximum Gasteiger partial charge on any atom is 0.326 e. The van der Waals surface area contributed by atoms with E-state index in [9.17, 15) is 9.59 Å². The van der Waals surface area contributed by atoms with E-state index in [0.717, 1.165) is 4.90 Å². The van der Waals surface area contributed by atoms with Crippen LogP contribution >= 0.6 is 0 Å². The zero-order valence-electron chi connectivity index (χ0n) is 6.46. The number of rotatable bonds is 2. The van der Waals surface area contributed by atoms with Crippen LogP contribution in [-0.2, 0) is 9.53 Å². The molecule has 0 aromatic rings. The molecule has 1 fully saturated rings. The number of hydrogen-bond acceptors (Lipinski definition) is 3. The molecule has 1 aliphatic rings. The minimum Gasteiger partial charge on any atom is -0.350 e. The van der Waals surface area contributed by atoms with Crippen LogP contribution in [0.1, 0.15) is 6.92 Å². The number of hydrogen-bond donors (Lipinski definition) is 1. The van der Waals surface area contributed by atoms with Crippen LogP contribution in [0, 0.1) is 0 Å². The zero-order chi connectivity index (χ0) is 8.43. The van der Waals surface area contributed by atoms with Crippen LogP contribution in [0.25, 0.3) is 0 Å². The maximum atomic E-state index is 11.0. The standard InChI is InChI=1S/C6H10N2O3/c1-3-11-4-5(9)8(2)6(10)7-4/h4H,3H2,1-2H3,(H,7,10). The molecule has 62 valence electrons. The number of likely N-dealkylation sites (N-methyl/N-ethyl adjacent to an activating group) is 1. The monoisotopic (exact) mass is 158 g/mol. The number of carbonyl (C=O) groups excluding carboxylic acids is 2. The van der Waals surface area contributed by atoms with E-state index >= 15 is 0 Å². The highest BCUT2D eigenvalue weighted by molar-refractivity contribution is 6.03. The average molecular weight is 158 g/mol. The van der Waals surface area contributed by atoms with Gasteiger partial charge in [0.2, 0.25) is 6.23 Å². The normalized spacial score (nSPS) is 24.2. The Bertz CT molecular complexity index is 192. The highest BCUT2D eigenvalue weighted by atomic mass is 16.5. The van der Waals surface area contributed by atoms with Gasteiger partial charge in [-0.15, -0.1) is 0 Å². The summed E-state index contributed by atoms with van der Waals surface area (Å²) in [5.41, 5.74) is 0. The Morgan fingerprint density at radius 2 is 2.27 bits per heavy atom. The second kappa shape index (κ2) is 2.87. The molecule has 0 aliphatic carbocycles. The van der Waals surface area contributed by atoms with E-state index in [4.69, 9.17) is 4.74 Å². The first-order valence-electron chi connectivity index (χ1n) is 3.36. The number of nitrogens with zero attached hydrogens (tertiary/aromatic N) is 1. The topological polar surface area (TPSA) is 58.6 Å². The van der Waals surface area contributed by atoms with Gasteiger partial charge in [0.15, 0.2) is 0 Å². The van der Waals surface area contributed by atoms with Gasteiger partial charge in [-0.3, -0.25) is 9.69 Å². The van der Waals surface area contributed by atoms with E-state index < -0.39 is 12.3 Å². The quantitative estimate of drug-likeness (QED) is 0.553. The van der Waals surface area contributed by atoms with Gasteiger partial charge in [0.25, 0.3) is 5.91 Å². The third-order valence-electron chi connectivity index (χ3n) is 1.45. The fourth-order valence-electron chi connectivity index (χ4n) is 0.826. The lowest BCUT2D eigenvalue weighted by Gasteiger charge is -2.05. The number of amides is 3. The molecule has 0 aromatic heterocycles. The van der Waals surface area contributed by atoms with Gasteiger partial charge >= 0.3 is 6.03 Å². The molecule has 5 nitrogen and oxygen atoms in total. The summed E-state index contributed by atoms with van der Waals surface area (Å²) in [6.07, 6.45) is -0.780. The molecule has 1 aliphatic heterocycles. The van der Waals surface area contributed by atoms with Gasteiger partial charge in [-0.05, 0) is 6.92 Å². The van der Waals surface area contributed by atoms with Crippen LogP contribution in [0.3, 0.4) is 0 Å². The summed E-state index contributed by atoms with van der Waals surface area (Å²) in [5, 5.41) is 2.37. The van der Waals surface area contributed by atoms with E-state index in [1.807, 2.05) is 0 Å². The average Bonchev–Trinajstić information content (AvgIpc) is 2.19. The van der Waals surface area contributed by atoms with Gasteiger partial charge in [0.05, 0.1) is 0 Å². The van der Waals surface area contributed by atoms with Gasteiger partial charge in [-0.1, -0.05) is 0 Å². The summed E-state index contributed by atoms with van der Waals surface area (Å²) in [5.74, 6) is -0.336. The summed E-state index contributed by atoms with van der Waals surface area (Å²) in [6, 6.07) is -0.409. The highest BCUT2D eigenvalue weighted by Crippen LogP contribution is 2.03. The molecular weight excluding hydrogens is 148 g/mol. The first-order valence-corrected chi connectivity index (χ1v) is 3.36. The van der Waals surface area contributed by atoms with Crippen molar-refractivity contribution in [2.24, 2.45) is 0 Å². The molecule has 1 atom stereocenters. The molecule has 1 saturated heterocycles. The summed E-state index contributed by atoms with van der Waals surface area (Å²) in [4.78, 5) is 22.8.